The predicted molar refractivity (Wildman–Crippen MR) is 70.2 cm³/mol. The molecule has 2 aliphatic rings. The number of ketones is 2. The van der Waals surface area contributed by atoms with Gasteiger partial charge in [0, 0.05) is 17.9 Å². The Hall–Kier alpha value is -1.31. The van der Waals surface area contributed by atoms with Crippen LogP contribution in [0, 0.1) is 0 Å². The smallest absolute Gasteiger partial charge is 0.227 e. The third kappa shape index (κ3) is 1.94. The van der Waals surface area contributed by atoms with Crippen LogP contribution < -0.4 is 9.88 Å². The third-order valence-corrected chi connectivity index (χ3v) is 4.84. The van der Waals surface area contributed by atoms with Crippen LogP contribution in [0.2, 0.25) is 0 Å². The molecule has 0 bridgehead atoms. The number of thiazole rings is 1. The van der Waals surface area contributed by atoms with Gasteiger partial charge in [0.25, 0.3) is 0 Å². The van der Waals surface area contributed by atoms with Gasteiger partial charge >= 0.3 is 0 Å². The molecule has 1 atom stereocenters. The summed E-state index contributed by atoms with van der Waals surface area (Å²) in [5.41, 5.74) is 0. The number of aliphatic hydroxyl groups excluding tert-OH is 1. The minimum atomic E-state index is -0.534. The fraction of sp³-hybridized carbons (Fsp3) is 0.273. The second-order valence-electron chi connectivity index (χ2n) is 3.87. The number of rotatable bonds is 2. The summed E-state index contributed by atoms with van der Waals surface area (Å²) in [6, 6.07) is -0.0813. The fourth-order valence-electron chi connectivity index (χ4n) is 1.65. The van der Waals surface area contributed by atoms with Gasteiger partial charge in [-0.3, -0.25) is 14.6 Å². The van der Waals surface area contributed by atoms with E-state index in [4.69, 9.17) is 5.11 Å². The van der Waals surface area contributed by atoms with Crippen LogP contribution in [-0.4, -0.2) is 45.1 Å². The molecule has 3 rings (SSSR count). The Morgan fingerprint density at radius 1 is 1.33 bits per heavy atom. The molecule has 2 heterocycles. The SMILES string of the molecule is O=C1C=c2nc(C3=N[C@@H](CO)CS3)sc2=CC1=O. The topological polar surface area (TPSA) is 79.6 Å². The van der Waals surface area contributed by atoms with Gasteiger partial charge < -0.3 is 5.11 Å². The molecule has 1 aliphatic carbocycles. The van der Waals surface area contributed by atoms with Crippen molar-refractivity contribution < 1.29 is 14.7 Å². The molecule has 0 saturated carbocycles. The zero-order valence-corrected chi connectivity index (χ0v) is 10.8. The first-order chi connectivity index (χ1) is 8.67. The van der Waals surface area contributed by atoms with Crippen LogP contribution in [-0.2, 0) is 9.59 Å². The summed E-state index contributed by atoms with van der Waals surface area (Å²) in [7, 11) is 0. The van der Waals surface area contributed by atoms with Crippen LogP contribution in [0.1, 0.15) is 5.01 Å². The van der Waals surface area contributed by atoms with Crippen LogP contribution in [0.15, 0.2) is 4.99 Å². The molecule has 18 heavy (non-hydrogen) atoms. The Labute approximate surface area is 110 Å². The maximum Gasteiger partial charge on any atom is 0.227 e. The molecule has 7 heteroatoms. The number of aromatic nitrogens is 1. The van der Waals surface area contributed by atoms with Gasteiger partial charge in [0.2, 0.25) is 11.6 Å². The number of aliphatic hydroxyl groups is 1. The first kappa shape index (κ1) is 11.8. The summed E-state index contributed by atoms with van der Waals surface area (Å²) in [6.45, 7) is 0.0246. The minimum Gasteiger partial charge on any atom is -0.394 e. The molecular weight excluding hydrogens is 272 g/mol. The highest BCUT2D eigenvalue weighted by Gasteiger charge is 2.22. The molecule has 0 radical (unpaired) electrons. The summed E-state index contributed by atoms with van der Waals surface area (Å²) >= 11 is 2.88. The zero-order valence-electron chi connectivity index (χ0n) is 9.12. The Morgan fingerprint density at radius 2 is 2.11 bits per heavy atom. The predicted octanol–water partition coefficient (Wildman–Crippen LogP) is -1.29. The summed E-state index contributed by atoms with van der Waals surface area (Å²) in [5, 5.41) is 11.0. The van der Waals surface area contributed by atoms with Gasteiger partial charge in [-0.05, 0) is 0 Å². The first-order valence-corrected chi connectivity index (χ1v) is 7.08. The first-order valence-electron chi connectivity index (χ1n) is 5.28. The molecule has 0 spiro atoms. The lowest BCUT2D eigenvalue weighted by Gasteiger charge is -1.95. The lowest BCUT2D eigenvalue weighted by molar-refractivity contribution is -0.129. The average molecular weight is 280 g/mol. The van der Waals surface area contributed by atoms with Crippen LogP contribution in [0.3, 0.4) is 0 Å². The number of carbonyl (C=O) groups is 2. The standard InChI is InChI=1S/C11H8N2O3S2/c14-3-5-4-17-10(12-5)11-13-6-1-7(15)8(16)2-9(6)18-11/h1-2,5,14H,3-4H2/t5-/m0/s1. The van der Waals surface area contributed by atoms with E-state index in [2.05, 4.69) is 9.98 Å². The van der Waals surface area contributed by atoms with Crippen LogP contribution in [0.4, 0.5) is 0 Å². The molecular formula is C11H8N2O3S2. The van der Waals surface area contributed by atoms with E-state index < -0.39 is 11.6 Å². The van der Waals surface area contributed by atoms with Crippen molar-refractivity contribution in [2.45, 2.75) is 6.04 Å². The van der Waals surface area contributed by atoms with Crippen molar-refractivity contribution in [1.82, 2.24) is 4.98 Å². The van der Waals surface area contributed by atoms with Crippen molar-refractivity contribution in [2.24, 2.45) is 4.99 Å². The van der Waals surface area contributed by atoms with Crippen LogP contribution in [0.5, 0.6) is 0 Å². The van der Waals surface area contributed by atoms with Crippen molar-refractivity contribution in [2.75, 3.05) is 12.4 Å². The van der Waals surface area contributed by atoms with E-state index in [0.717, 1.165) is 10.8 Å². The van der Waals surface area contributed by atoms with E-state index in [1.165, 1.54) is 35.3 Å². The third-order valence-electron chi connectivity index (χ3n) is 2.56. The second kappa shape index (κ2) is 4.42. The normalized spacial score (nSPS) is 22.3. The van der Waals surface area contributed by atoms with Crippen molar-refractivity contribution in [3.63, 3.8) is 0 Å². The maximum absolute atomic E-state index is 11.3. The van der Waals surface area contributed by atoms with Gasteiger partial charge in [-0.15, -0.1) is 23.1 Å². The zero-order chi connectivity index (χ0) is 12.7. The molecule has 0 unspecified atom stereocenters. The number of hydrogen-bond acceptors (Lipinski definition) is 7. The van der Waals surface area contributed by atoms with Crippen molar-refractivity contribution in [1.29, 1.82) is 0 Å². The van der Waals surface area contributed by atoms with E-state index in [1.807, 2.05) is 0 Å². The van der Waals surface area contributed by atoms with E-state index in [1.54, 1.807) is 0 Å². The molecule has 5 nitrogen and oxygen atoms in total. The summed E-state index contributed by atoms with van der Waals surface area (Å²) in [5.74, 6) is -0.304. The fourth-order valence-corrected chi connectivity index (χ4v) is 3.75. The number of carbonyl (C=O) groups excluding carboxylic acids is 2. The molecule has 92 valence electrons. The number of thioether (sulfide) groups is 1. The Morgan fingerprint density at radius 3 is 2.83 bits per heavy atom. The Balaban J connectivity index is 2.06. The Bertz CT molecular complexity index is 646. The van der Waals surface area contributed by atoms with E-state index in [-0.39, 0.29) is 12.6 Å². The number of hydrogen-bond donors (Lipinski definition) is 1. The molecule has 1 aromatic rings. The number of aliphatic imine (C=N–C) groups is 1. The van der Waals surface area contributed by atoms with Gasteiger partial charge in [-0.2, -0.15) is 0 Å². The maximum atomic E-state index is 11.3. The van der Waals surface area contributed by atoms with Gasteiger partial charge in [-0.25, -0.2) is 4.98 Å². The van der Waals surface area contributed by atoms with Gasteiger partial charge in [0.05, 0.1) is 22.5 Å². The highest BCUT2D eigenvalue weighted by Crippen LogP contribution is 2.22. The number of Topliss-reactive ketones (excluding diaryl/α,β-unsaturated/α-hetero) is 2. The van der Waals surface area contributed by atoms with Crippen LogP contribution in [0.25, 0.3) is 12.2 Å². The molecule has 0 fully saturated rings. The van der Waals surface area contributed by atoms with Crippen molar-refractivity contribution in [3.05, 3.63) is 14.9 Å². The highest BCUT2D eigenvalue weighted by atomic mass is 32.2. The van der Waals surface area contributed by atoms with E-state index in [0.29, 0.717) is 14.9 Å². The molecule has 0 aromatic carbocycles. The monoisotopic (exact) mass is 280 g/mol. The molecule has 1 aliphatic heterocycles. The molecule has 0 amide bonds. The van der Waals surface area contributed by atoms with Gasteiger partial charge in [0.1, 0.15) is 10.1 Å². The second-order valence-corrected chi connectivity index (χ2v) is 5.91. The van der Waals surface area contributed by atoms with Gasteiger partial charge in [0.15, 0.2) is 0 Å². The van der Waals surface area contributed by atoms with Gasteiger partial charge in [-0.1, -0.05) is 0 Å². The van der Waals surface area contributed by atoms with Crippen molar-refractivity contribution >= 4 is 51.9 Å². The summed E-state index contributed by atoms with van der Waals surface area (Å²) < 4.78 is 0.699. The number of nitrogens with zero attached hydrogens (tertiary/aromatic N) is 2. The molecule has 0 saturated heterocycles. The quantitative estimate of drug-likeness (QED) is 0.682. The largest absolute Gasteiger partial charge is 0.394 e. The van der Waals surface area contributed by atoms with E-state index in [9.17, 15) is 9.59 Å². The highest BCUT2D eigenvalue weighted by molar-refractivity contribution is 8.15. The lowest BCUT2D eigenvalue weighted by Crippen LogP contribution is -2.31. The average Bonchev–Trinajstić information content (AvgIpc) is 2.95. The minimum absolute atomic E-state index is 0.0246. The summed E-state index contributed by atoms with van der Waals surface area (Å²) in [4.78, 5) is 31.2. The summed E-state index contributed by atoms with van der Waals surface area (Å²) in [6.07, 6.45) is 2.59. The van der Waals surface area contributed by atoms with Crippen molar-refractivity contribution in [3.8, 4) is 0 Å². The van der Waals surface area contributed by atoms with Crippen LogP contribution >= 0.6 is 23.1 Å². The number of fused-ring (bicyclic) bond motifs is 1. The van der Waals surface area contributed by atoms with E-state index >= 15 is 0 Å². The Kier molecular flexibility index (Phi) is 2.89. The lowest BCUT2D eigenvalue weighted by atomic mass is 10.2. The molecule has 1 N–H and O–H groups in total. The molecule has 1 aromatic heterocycles.